The second kappa shape index (κ2) is 6.76. The van der Waals surface area contributed by atoms with Gasteiger partial charge in [0.2, 0.25) is 5.91 Å². The molecule has 0 aliphatic carbocycles. The van der Waals surface area contributed by atoms with Gasteiger partial charge in [0.25, 0.3) is 5.91 Å². The predicted octanol–water partition coefficient (Wildman–Crippen LogP) is 1.75. The van der Waals surface area contributed by atoms with E-state index in [2.05, 4.69) is 10.4 Å². The molecule has 0 unspecified atom stereocenters. The summed E-state index contributed by atoms with van der Waals surface area (Å²) in [6.45, 7) is 1.82. The van der Waals surface area contributed by atoms with Crippen molar-refractivity contribution in [1.29, 1.82) is 0 Å². The van der Waals surface area contributed by atoms with Crippen LogP contribution in [0.3, 0.4) is 0 Å². The summed E-state index contributed by atoms with van der Waals surface area (Å²) in [5.41, 5.74) is 1.65. The lowest BCUT2D eigenvalue weighted by molar-refractivity contribution is -0.133. The molecule has 1 aromatic rings. The number of hydrogen-bond donors (Lipinski definition) is 1. The van der Waals surface area contributed by atoms with Crippen molar-refractivity contribution in [2.45, 2.75) is 32.2 Å². The second-order valence-electron chi connectivity index (χ2n) is 6.26. The molecular formula is C16H18ClN3O4S. The summed E-state index contributed by atoms with van der Waals surface area (Å²) >= 11 is 5.90. The van der Waals surface area contributed by atoms with Gasteiger partial charge in [0.05, 0.1) is 17.5 Å². The van der Waals surface area contributed by atoms with E-state index in [9.17, 15) is 18.0 Å². The number of nitrogens with zero attached hydrogens (tertiary/aromatic N) is 2. The lowest BCUT2D eigenvalue weighted by Crippen LogP contribution is -2.42. The van der Waals surface area contributed by atoms with Crippen LogP contribution in [0.1, 0.15) is 24.8 Å². The molecule has 0 aromatic heterocycles. The van der Waals surface area contributed by atoms with E-state index in [-0.39, 0.29) is 36.0 Å². The first-order valence-corrected chi connectivity index (χ1v) is 10.1. The maximum Gasteiger partial charge on any atom is 0.271 e. The van der Waals surface area contributed by atoms with Crippen molar-refractivity contribution in [3.8, 4) is 0 Å². The summed E-state index contributed by atoms with van der Waals surface area (Å²) in [4.78, 5) is 24.6. The van der Waals surface area contributed by atoms with Crippen molar-refractivity contribution in [3.05, 3.63) is 28.8 Å². The van der Waals surface area contributed by atoms with Crippen LogP contribution in [0.5, 0.6) is 0 Å². The Bertz CT molecular complexity index is 866. The van der Waals surface area contributed by atoms with Gasteiger partial charge in [-0.05, 0) is 37.1 Å². The highest BCUT2D eigenvalue weighted by molar-refractivity contribution is 7.91. The van der Waals surface area contributed by atoms with Crippen molar-refractivity contribution in [2.24, 2.45) is 5.10 Å². The molecular weight excluding hydrogens is 366 g/mol. The molecule has 1 saturated heterocycles. The molecule has 7 nitrogen and oxygen atoms in total. The first-order valence-electron chi connectivity index (χ1n) is 7.92. The van der Waals surface area contributed by atoms with Gasteiger partial charge < -0.3 is 5.32 Å². The fourth-order valence-electron chi connectivity index (χ4n) is 2.95. The van der Waals surface area contributed by atoms with E-state index >= 15 is 0 Å². The smallest absolute Gasteiger partial charge is 0.271 e. The Kier molecular flexibility index (Phi) is 4.83. The Balaban J connectivity index is 1.77. The van der Waals surface area contributed by atoms with Crippen molar-refractivity contribution < 1.29 is 18.0 Å². The molecule has 1 N–H and O–H groups in total. The first-order chi connectivity index (χ1) is 11.7. The van der Waals surface area contributed by atoms with E-state index in [0.29, 0.717) is 17.1 Å². The first kappa shape index (κ1) is 17.9. The van der Waals surface area contributed by atoms with Gasteiger partial charge in [-0.3, -0.25) is 9.59 Å². The zero-order chi connectivity index (χ0) is 18.2. The molecule has 2 aliphatic heterocycles. The summed E-state index contributed by atoms with van der Waals surface area (Å²) in [6.07, 6.45) is 0.721. The number of sulfone groups is 1. The van der Waals surface area contributed by atoms with Crippen molar-refractivity contribution in [1.82, 2.24) is 5.01 Å². The number of rotatable bonds is 3. The summed E-state index contributed by atoms with van der Waals surface area (Å²) in [5.74, 6) is -0.708. The molecule has 3 rings (SSSR count). The van der Waals surface area contributed by atoms with E-state index in [0.717, 1.165) is 5.56 Å². The van der Waals surface area contributed by atoms with Crippen LogP contribution in [0, 0.1) is 6.92 Å². The number of hydrogen-bond acceptors (Lipinski definition) is 5. The maximum atomic E-state index is 12.5. The minimum atomic E-state index is -3.14. The van der Waals surface area contributed by atoms with E-state index in [1.165, 1.54) is 5.01 Å². The molecule has 1 atom stereocenters. The third-order valence-electron chi connectivity index (χ3n) is 4.31. The van der Waals surface area contributed by atoms with Gasteiger partial charge in [-0.2, -0.15) is 5.10 Å². The minimum absolute atomic E-state index is 0.0441. The van der Waals surface area contributed by atoms with E-state index in [1.807, 2.05) is 6.92 Å². The molecule has 1 fully saturated rings. The normalized spacial score (nSPS) is 22.6. The minimum Gasteiger partial charge on any atom is -0.321 e. The lowest BCUT2D eigenvalue weighted by Gasteiger charge is -2.27. The van der Waals surface area contributed by atoms with Crippen LogP contribution in [0.2, 0.25) is 5.02 Å². The molecule has 25 heavy (non-hydrogen) atoms. The fraction of sp³-hybridized carbons (Fsp3) is 0.438. The highest BCUT2D eigenvalue weighted by Crippen LogP contribution is 2.23. The molecule has 0 saturated carbocycles. The summed E-state index contributed by atoms with van der Waals surface area (Å²) in [6, 6.07) is 4.62. The Morgan fingerprint density at radius 2 is 2.12 bits per heavy atom. The molecule has 0 radical (unpaired) electrons. The number of halogens is 1. The molecule has 2 heterocycles. The monoisotopic (exact) mass is 383 g/mol. The average Bonchev–Trinajstić information content (AvgIpc) is 2.90. The van der Waals surface area contributed by atoms with Crippen LogP contribution in [0.15, 0.2) is 23.3 Å². The fourth-order valence-corrected chi connectivity index (χ4v) is 4.87. The van der Waals surface area contributed by atoms with Crippen LogP contribution in [-0.4, -0.2) is 48.5 Å². The zero-order valence-corrected chi connectivity index (χ0v) is 15.2. The van der Waals surface area contributed by atoms with Crippen LogP contribution in [0.4, 0.5) is 5.69 Å². The van der Waals surface area contributed by atoms with Gasteiger partial charge in [-0.1, -0.05) is 11.6 Å². The van der Waals surface area contributed by atoms with Crippen LogP contribution in [-0.2, 0) is 19.4 Å². The summed E-state index contributed by atoms with van der Waals surface area (Å²) in [5, 5.41) is 8.67. The molecule has 134 valence electrons. The number of carbonyl (C=O) groups is 2. The van der Waals surface area contributed by atoms with Gasteiger partial charge in [-0.25, -0.2) is 13.4 Å². The second-order valence-corrected chi connectivity index (χ2v) is 8.92. The summed E-state index contributed by atoms with van der Waals surface area (Å²) in [7, 11) is -3.14. The SMILES string of the molecule is Cc1cc(Cl)ccc1NC(=O)C1=NN([C@@H]2CCS(=O)(=O)C2)C(=O)CC1. The van der Waals surface area contributed by atoms with Gasteiger partial charge in [0, 0.05) is 23.6 Å². The van der Waals surface area contributed by atoms with E-state index in [4.69, 9.17) is 11.6 Å². The number of hydrazone groups is 1. The quantitative estimate of drug-likeness (QED) is 0.860. The molecule has 1 aromatic carbocycles. The van der Waals surface area contributed by atoms with Crippen molar-refractivity contribution in [3.63, 3.8) is 0 Å². The maximum absolute atomic E-state index is 12.5. The Hall–Kier alpha value is -1.93. The Labute approximate surface area is 150 Å². The van der Waals surface area contributed by atoms with E-state index < -0.39 is 21.8 Å². The zero-order valence-electron chi connectivity index (χ0n) is 13.7. The molecule has 2 aliphatic rings. The topological polar surface area (TPSA) is 95.9 Å². The molecule has 2 amide bonds. The molecule has 0 spiro atoms. The lowest BCUT2D eigenvalue weighted by atomic mass is 10.1. The number of anilines is 1. The van der Waals surface area contributed by atoms with Crippen LogP contribution < -0.4 is 5.32 Å². The number of benzene rings is 1. The third-order valence-corrected chi connectivity index (χ3v) is 6.30. The molecule has 0 bridgehead atoms. The van der Waals surface area contributed by atoms with Crippen LogP contribution >= 0.6 is 11.6 Å². The van der Waals surface area contributed by atoms with Gasteiger partial charge in [0.1, 0.15) is 5.71 Å². The molecule has 9 heteroatoms. The third kappa shape index (κ3) is 4.01. The predicted molar refractivity (Wildman–Crippen MR) is 95.4 cm³/mol. The van der Waals surface area contributed by atoms with Crippen LogP contribution in [0.25, 0.3) is 0 Å². The van der Waals surface area contributed by atoms with Gasteiger partial charge in [0.15, 0.2) is 9.84 Å². The number of amides is 2. The Morgan fingerprint density at radius 1 is 1.36 bits per heavy atom. The van der Waals surface area contributed by atoms with Crippen molar-refractivity contribution >= 4 is 44.7 Å². The highest BCUT2D eigenvalue weighted by atomic mass is 35.5. The van der Waals surface area contributed by atoms with E-state index in [1.54, 1.807) is 18.2 Å². The van der Waals surface area contributed by atoms with Gasteiger partial charge in [-0.15, -0.1) is 0 Å². The number of carbonyl (C=O) groups excluding carboxylic acids is 2. The van der Waals surface area contributed by atoms with Gasteiger partial charge >= 0.3 is 0 Å². The number of aryl methyl sites for hydroxylation is 1. The largest absolute Gasteiger partial charge is 0.321 e. The Morgan fingerprint density at radius 3 is 2.76 bits per heavy atom. The highest BCUT2D eigenvalue weighted by Gasteiger charge is 2.37. The average molecular weight is 384 g/mol. The van der Waals surface area contributed by atoms with Crippen molar-refractivity contribution in [2.75, 3.05) is 16.8 Å². The standard InChI is InChI=1S/C16H18ClN3O4S/c1-10-8-11(17)2-3-13(10)18-16(22)14-4-5-15(21)20(19-14)12-6-7-25(23,24)9-12/h2-3,8,12H,4-7,9H2,1H3,(H,18,22)/t12-/m1/s1. The summed E-state index contributed by atoms with van der Waals surface area (Å²) < 4.78 is 23.3. The number of nitrogens with one attached hydrogen (secondary N) is 1.